The van der Waals surface area contributed by atoms with Gasteiger partial charge in [-0.15, -0.1) is 0 Å². The molecule has 542 valence electrons. The Morgan fingerprint density at radius 1 is 0.387 bits per heavy atom. The van der Waals surface area contributed by atoms with Crippen LogP contribution in [0.1, 0.15) is 271 Å². The average molecular weight is 1320 g/mol. The third kappa shape index (κ3) is 36.8. The van der Waals surface area contributed by atoms with Crippen LogP contribution in [0.4, 0.5) is 0 Å². The standard InChI is InChI=1S/C74H133NO18/c1-3-5-7-9-11-13-15-17-19-21-23-24-25-26-27-28-29-30-31-32-34-36-38-40-42-44-46-48-50-52-62(80)75-57(58(79)51-49-47-45-43-41-39-37-35-33-22-20-18-16-14-12-10-8-6-4-2)56-88-72-68(86)65(83)70(60(54-77)90-72)93-74-69(87)66(84)71(61(55-78)91-74)92-73-67(85)64(82)63(81)59(53-76)89-73/h15,17,21,23,33,35,41,43,49,51,57-61,63-74,76-79,81-87H,3-14,16,18-20,22,24-32,34,36-40,42,44-48,50,52-56H2,1-2H3,(H,75,80)/b17-15-,23-21-,35-33+,43-41+,51-49+. The van der Waals surface area contributed by atoms with Crippen molar-refractivity contribution in [3.05, 3.63) is 60.8 Å². The summed E-state index contributed by atoms with van der Waals surface area (Å²) in [4.78, 5) is 13.4. The minimum absolute atomic E-state index is 0.232. The van der Waals surface area contributed by atoms with Crippen molar-refractivity contribution in [2.24, 2.45) is 0 Å². The Bertz CT molecular complexity index is 1920. The maximum absolute atomic E-state index is 13.4. The van der Waals surface area contributed by atoms with E-state index in [9.17, 15) is 61.0 Å². The molecule has 12 N–H and O–H groups in total. The molecule has 0 aromatic carbocycles. The number of hydrogen-bond donors (Lipinski definition) is 12. The van der Waals surface area contributed by atoms with E-state index in [0.29, 0.717) is 12.8 Å². The highest BCUT2D eigenvalue weighted by Crippen LogP contribution is 2.33. The van der Waals surface area contributed by atoms with Gasteiger partial charge in [-0.1, -0.05) is 248 Å². The van der Waals surface area contributed by atoms with Gasteiger partial charge in [0.1, 0.15) is 73.2 Å². The summed E-state index contributed by atoms with van der Waals surface area (Å²) in [7, 11) is 0. The highest BCUT2D eigenvalue weighted by Gasteiger charge is 2.53. The molecule has 3 rings (SSSR count). The fraction of sp³-hybridized carbons (Fsp3) is 0.851. The number of hydrogen-bond acceptors (Lipinski definition) is 18. The van der Waals surface area contributed by atoms with Crippen molar-refractivity contribution in [2.45, 2.75) is 375 Å². The smallest absolute Gasteiger partial charge is 0.220 e. The molecule has 0 aromatic heterocycles. The Hall–Kier alpha value is -2.51. The first-order chi connectivity index (χ1) is 45.3. The Morgan fingerprint density at radius 3 is 1.14 bits per heavy atom. The normalized spacial score (nSPS) is 27.9. The Kier molecular flexibility index (Phi) is 50.4. The first-order valence-corrected chi connectivity index (χ1v) is 37.0. The number of carbonyl (C=O) groups excluding carboxylic acids is 1. The van der Waals surface area contributed by atoms with E-state index >= 15 is 0 Å². The largest absolute Gasteiger partial charge is 0.394 e. The van der Waals surface area contributed by atoms with E-state index in [0.717, 1.165) is 51.4 Å². The van der Waals surface area contributed by atoms with Gasteiger partial charge in [-0.05, 0) is 77.0 Å². The molecule has 0 saturated carbocycles. The molecular formula is C74H133NO18. The van der Waals surface area contributed by atoms with Crippen molar-refractivity contribution in [3.8, 4) is 0 Å². The van der Waals surface area contributed by atoms with Gasteiger partial charge in [0.25, 0.3) is 0 Å². The van der Waals surface area contributed by atoms with E-state index in [1.54, 1.807) is 6.08 Å². The minimum Gasteiger partial charge on any atom is -0.394 e. The highest BCUT2D eigenvalue weighted by molar-refractivity contribution is 5.76. The quantitative estimate of drug-likeness (QED) is 0.0199. The first kappa shape index (κ1) is 84.7. The molecule has 17 atom stereocenters. The molecular weight excluding hydrogens is 1190 g/mol. The van der Waals surface area contributed by atoms with Crippen LogP contribution < -0.4 is 5.32 Å². The lowest BCUT2D eigenvalue weighted by molar-refractivity contribution is -0.379. The number of unbranched alkanes of at least 4 members (excludes halogenated alkanes) is 33. The van der Waals surface area contributed by atoms with Gasteiger partial charge in [0.05, 0.1) is 38.6 Å². The lowest BCUT2D eigenvalue weighted by atomic mass is 9.96. The summed E-state index contributed by atoms with van der Waals surface area (Å²) in [5.74, 6) is -0.288. The van der Waals surface area contributed by atoms with Crippen molar-refractivity contribution in [1.29, 1.82) is 0 Å². The Morgan fingerprint density at radius 2 is 0.720 bits per heavy atom. The molecule has 0 aromatic rings. The zero-order chi connectivity index (χ0) is 67.5. The second-order valence-electron chi connectivity index (χ2n) is 26.4. The summed E-state index contributed by atoms with van der Waals surface area (Å²) in [6.07, 6.45) is 42.0. The molecule has 3 fully saturated rings. The lowest BCUT2D eigenvalue weighted by Gasteiger charge is -2.48. The Labute approximate surface area is 560 Å². The van der Waals surface area contributed by atoms with Crippen molar-refractivity contribution >= 4 is 5.91 Å². The molecule has 93 heavy (non-hydrogen) atoms. The minimum atomic E-state index is -1.98. The molecule has 17 unspecified atom stereocenters. The van der Waals surface area contributed by atoms with Crippen molar-refractivity contribution in [3.63, 3.8) is 0 Å². The van der Waals surface area contributed by atoms with Crippen molar-refractivity contribution in [1.82, 2.24) is 5.32 Å². The number of aliphatic hydroxyl groups is 11. The van der Waals surface area contributed by atoms with Crippen LogP contribution in [0.15, 0.2) is 60.8 Å². The van der Waals surface area contributed by atoms with E-state index in [-0.39, 0.29) is 18.9 Å². The molecule has 19 heteroatoms. The summed E-state index contributed by atoms with van der Waals surface area (Å²) < 4.78 is 34.4. The van der Waals surface area contributed by atoms with Crippen LogP contribution in [0.5, 0.6) is 0 Å². The summed E-state index contributed by atoms with van der Waals surface area (Å²) >= 11 is 0. The fourth-order valence-corrected chi connectivity index (χ4v) is 12.3. The summed E-state index contributed by atoms with van der Waals surface area (Å²) in [6.45, 7) is 1.71. The molecule has 3 aliphatic rings. The monoisotopic (exact) mass is 1320 g/mol. The number of aliphatic hydroxyl groups excluding tert-OH is 11. The number of amides is 1. The predicted molar refractivity (Wildman–Crippen MR) is 365 cm³/mol. The summed E-state index contributed by atoms with van der Waals surface area (Å²) in [5.41, 5.74) is 0. The molecule has 3 saturated heterocycles. The number of nitrogens with one attached hydrogen (secondary N) is 1. The second-order valence-corrected chi connectivity index (χ2v) is 26.4. The maximum atomic E-state index is 13.4. The SMILES string of the molecule is CCCCCCC/C=C\C/C=C\CCCCCCCCCCCCCCCCCCCC(=O)NC(COC1OC(CO)C(OC2OC(CO)C(OC3OC(CO)C(O)C(O)C3O)C(O)C2O)C(O)C1O)C(O)/C=C/CC/C=C/CC/C=C/CCCCCCCCCCC. The maximum Gasteiger partial charge on any atom is 0.220 e. The van der Waals surface area contributed by atoms with Gasteiger partial charge in [0.15, 0.2) is 18.9 Å². The van der Waals surface area contributed by atoms with Crippen LogP contribution in [-0.2, 0) is 33.2 Å². The molecule has 3 heterocycles. The third-order valence-electron chi connectivity index (χ3n) is 18.3. The zero-order valence-electron chi connectivity index (χ0n) is 57.5. The van der Waals surface area contributed by atoms with Crippen molar-refractivity contribution < 1.29 is 89.4 Å². The van der Waals surface area contributed by atoms with Crippen LogP contribution in [0.3, 0.4) is 0 Å². The van der Waals surface area contributed by atoms with Gasteiger partial charge in [0.2, 0.25) is 5.91 Å². The fourth-order valence-electron chi connectivity index (χ4n) is 12.3. The van der Waals surface area contributed by atoms with E-state index in [4.69, 9.17) is 28.4 Å². The molecule has 0 aliphatic carbocycles. The van der Waals surface area contributed by atoms with Gasteiger partial charge in [-0.2, -0.15) is 0 Å². The molecule has 0 radical (unpaired) electrons. The average Bonchev–Trinajstić information content (AvgIpc) is 1.00. The molecule has 3 aliphatic heterocycles. The summed E-state index contributed by atoms with van der Waals surface area (Å²) in [5, 5.41) is 121. The summed E-state index contributed by atoms with van der Waals surface area (Å²) in [6, 6.07) is -0.998. The van der Waals surface area contributed by atoms with Gasteiger partial charge >= 0.3 is 0 Å². The lowest BCUT2D eigenvalue weighted by Crippen LogP contribution is -2.66. The highest BCUT2D eigenvalue weighted by atomic mass is 16.8. The molecule has 1 amide bonds. The van der Waals surface area contributed by atoms with E-state index in [1.807, 2.05) is 6.08 Å². The van der Waals surface area contributed by atoms with Gasteiger partial charge in [-0.3, -0.25) is 4.79 Å². The van der Waals surface area contributed by atoms with Crippen LogP contribution in [0.2, 0.25) is 0 Å². The Balaban J connectivity index is 1.41. The van der Waals surface area contributed by atoms with E-state index in [2.05, 4.69) is 67.8 Å². The van der Waals surface area contributed by atoms with Crippen LogP contribution in [0, 0.1) is 0 Å². The number of rotatable bonds is 57. The number of carbonyl (C=O) groups is 1. The predicted octanol–water partition coefficient (Wildman–Crippen LogP) is 10.7. The molecule has 0 bridgehead atoms. The third-order valence-corrected chi connectivity index (χ3v) is 18.3. The van der Waals surface area contributed by atoms with E-state index < -0.39 is 124 Å². The number of allylic oxidation sites excluding steroid dienone is 9. The second kappa shape index (κ2) is 55.4. The zero-order valence-corrected chi connectivity index (χ0v) is 57.5. The van der Waals surface area contributed by atoms with Crippen LogP contribution >= 0.6 is 0 Å². The van der Waals surface area contributed by atoms with E-state index in [1.165, 1.54) is 186 Å². The van der Waals surface area contributed by atoms with Gasteiger partial charge in [0, 0.05) is 6.42 Å². The van der Waals surface area contributed by atoms with Crippen LogP contribution in [-0.4, -0.2) is 193 Å². The van der Waals surface area contributed by atoms with Gasteiger partial charge in [-0.25, -0.2) is 0 Å². The van der Waals surface area contributed by atoms with Gasteiger partial charge < -0.3 is 89.9 Å². The van der Waals surface area contributed by atoms with Crippen LogP contribution in [0.25, 0.3) is 0 Å². The molecule has 0 spiro atoms. The van der Waals surface area contributed by atoms with Crippen molar-refractivity contribution in [2.75, 3.05) is 26.4 Å². The topological polar surface area (TPSA) is 307 Å². The molecule has 19 nitrogen and oxygen atoms in total. The first-order valence-electron chi connectivity index (χ1n) is 37.0. The number of ether oxygens (including phenoxy) is 6.